The lowest BCUT2D eigenvalue weighted by Crippen LogP contribution is -2.04. The second-order valence-corrected chi connectivity index (χ2v) is 5.94. The lowest BCUT2D eigenvalue weighted by Gasteiger charge is -2.06. The number of imidazole rings is 1. The van der Waals surface area contributed by atoms with Crippen LogP contribution in [0, 0.1) is 17.2 Å². The largest absolute Gasteiger partial charge is 0.481 e. The Bertz CT molecular complexity index is 705. The van der Waals surface area contributed by atoms with Crippen LogP contribution in [0.1, 0.15) is 32.5 Å². The van der Waals surface area contributed by atoms with Crippen LogP contribution in [0.3, 0.4) is 0 Å². The highest BCUT2D eigenvalue weighted by molar-refractivity contribution is 5.80. The molecule has 1 fully saturated rings. The number of benzene rings is 1. The first kappa shape index (κ1) is 13.1. The fraction of sp³-hybridized carbons (Fsp3) is 0.467. The molecule has 1 saturated carbocycles. The van der Waals surface area contributed by atoms with Crippen LogP contribution in [-0.4, -0.2) is 20.6 Å². The number of rotatable bonds is 3. The summed E-state index contributed by atoms with van der Waals surface area (Å²) < 4.78 is 15.8. The topological polar surface area (TPSA) is 55.1 Å². The first-order chi connectivity index (χ1) is 9.39. The summed E-state index contributed by atoms with van der Waals surface area (Å²) in [7, 11) is 0. The normalized spacial score (nSPS) is 24.0. The predicted molar refractivity (Wildman–Crippen MR) is 73.0 cm³/mol. The van der Waals surface area contributed by atoms with Gasteiger partial charge in [-0.05, 0) is 24.5 Å². The van der Waals surface area contributed by atoms with Gasteiger partial charge < -0.3 is 9.67 Å². The molecule has 0 aliphatic heterocycles. The van der Waals surface area contributed by atoms with Crippen LogP contribution >= 0.6 is 0 Å². The van der Waals surface area contributed by atoms with Crippen LogP contribution in [0.5, 0.6) is 0 Å². The van der Waals surface area contributed by atoms with Gasteiger partial charge in [0, 0.05) is 12.5 Å². The molecule has 0 amide bonds. The van der Waals surface area contributed by atoms with Gasteiger partial charge in [0.1, 0.15) is 11.3 Å². The molecule has 1 aliphatic carbocycles. The molecule has 20 heavy (non-hydrogen) atoms. The first-order valence-electron chi connectivity index (χ1n) is 6.77. The van der Waals surface area contributed by atoms with E-state index in [4.69, 9.17) is 0 Å². The molecule has 1 aromatic carbocycles. The highest BCUT2D eigenvalue weighted by atomic mass is 19.1. The second-order valence-electron chi connectivity index (χ2n) is 5.94. The number of aryl methyl sites for hydroxylation is 1. The number of hydrogen-bond donors (Lipinski definition) is 1. The van der Waals surface area contributed by atoms with E-state index in [0.29, 0.717) is 17.9 Å². The highest BCUT2D eigenvalue weighted by Crippen LogP contribution is 2.64. The van der Waals surface area contributed by atoms with E-state index in [9.17, 15) is 14.3 Å². The minimum atomic E-state index is -0.810. The van der Waals surface area contributed by atoms with E-state index in [-0.39, 0.29) is 17.2 Å². The maximum atomic E-state index is 13.9. The molecule has 1 aromatic heterocycles. The Morgan fingerprint density at radius 2 is 2.20 bits per heavy atom. The number of nitrogens with zero attached hydrogens (tertiary/aromatic N) is 2. The second kappa shape index (κ2) is 4.04. The lowest BCUT2D eigenvalue weighted by molar-refractivity contribution is -0.139. The van der Waals surface area contributed by atoms with E-state index in [1.807, 2.05) is 31.4 Å². The zero-order chi connectivity index (χ0) is 14.7. The molecule has 0 radical (unpaired) electrons. The molecule has 4 nitrogen and oxygen atoms in total. The zero-order valence-corrected chi connectivity index (χ0v) is 11.7. The van der Waals surface area contributed by atoms with E-state index < -0.39 is 11.9 Å². The molecule has 1 aliphatic rings. The molecule has 3 rings (SSSR count). The molecule has 0 saturated heterocycles. The average molecular weight is 276 g/mol. The Morgan fingerprint density at radius 3 is 2.75 bits per heavy atom. The van der Waals surface area contributed by atoms with E-state index in [1.54, 1.807) is 6.07 Å². The molecule has 1 heterocycles. The van der Waals surface area contributed by atoms with Crippen molar-refractivity contribution < 1.29 is 14.3 Å². The van der Waals surface area contributed by atoms with Crippen LogP contribution in [0.15, 0.2) is 18.2 Å². The molecule has 1 N–H and O–H groups in total. The molecule has 0 spiro atoms. The summed E-state index contributed by atoms with van der Waals surface area (Å²) in [4.78, 5) is 15.7. The standard InChI is InChI=1S/C15H17FN2O2/c1-4-18-9-7-5-6-8(16)12(9)17-13(18)10-11(14(19)20)15(10,2)3/h5-7,10-11H,4H2,1-3H3,(H,19,20). The van der Waals surface area contributed by atoms with E-state index >= 15 is 0 Å². The SMILES string of the molecule is CCn1c(C2C(C(=O)O)C2(C)C)nc2c(F)cccc21. The van der Waals surface area contributed by atoms with Crippen molar-refractivity contribution in [3.63, 3.8) is 0 Å². The molecule has 5 heteroatoms. The van der Waals surface area contributed by atoms with Crippen molar-refractivity contribution in [1.29, 1.82) is 0 Å². The lowest BCUT2D eigenvalue weighted by atomic mass is 10.1. The Morgan fingerprint density at radius 1 is 1.50 bits per heavy atom. The summed E-state index contributed by atoms with van der Waals surface area (Å²) >= 11 is 0. The van der Waals surface area contributed by atoms with Gasteiger partial charge in [0.05, 0.1) is 11.4 Å². The Balaban J connectivity index is 2.18. The fourth-order valence-electron chi connectivity index (χ4n) is 3.28. The van der Waals surface area contributed by atoms with Gasteiger partial charge in [0.25, 0.3) is 0 Å². The van der Waals surface area contributed by atoms with Crippen molar-refractivity contribution >= 4 is 17.0 Å². The van der Waals surface area contributed by atoms with E-state index in [1.165, 1.54) is 6.07 Å². The highest BCUT2D eigenvalue weighted by Gasteiger charge is 2.64. The first-order valence-corrected chi connectivity index (χ1v) is 6.77. The van der Waals surface area contributed by atoms with Crippen molar-refractivity contribution in [3.8, 4) is 0 Å². The summed E-state index contributed by atoms with van der Waals surface area (Å²) in [6.07, 6.45) is 0. The smallest absolute Gasteiger partial charge is 0.307 e. The third-order valence-electron chi connectivity index (χ3n) is 4.45. The Labute approximate surface area is 116 Å². The van der Waals surface area contributed by atoms with Crippen LogP contribution in [-0.2, 0) is 11.3 Å². The number of halogens is 1. The van der Waals surface area contributed by atoms with Gasteiger partial charge in [-0.1, -0.05) is 19.9 Å². The number of carboxylic acids is 1. The maximum absolute atomic E-state index is 13.9. The molecule has 106 valence electrons. The van der Waals surface area contributed by atoms with Gasteiger partial charge in [-0.3, -0.25) is 4.79 Å². The Kier molecular flexibility index (Phi) is 2.64. The zero-order valence-electron chi connectivity index (χ0n) is 11.7. The van der Waals surface area contributed by atoms with Crippen LogP contribution in [0.4, 0.5) is 4.39 Å². The van der Waals surface area contributed by atoms with Gasteiger partial charge in [-0.15, -0.1) is 0 Å². The van der Waals surface area contributed by atoms with E-state index in [2.05, 4.69) is 4.98 Å². The number of fused-ring (bicyclic) bond motifs is 1. The summed E-state index contributed by atoms with van der Waals surface area (Å²) in [5, 5.41) is 9.30. The third kappa shape index (κ3) is 1.58. The van der Waals surface area contributed by atoms with Crippen LogP contribution in [0.25, 0.3) is 11.0 Å². The molecule has 2 unspecified atom stereocenters. The molecule has 2 atom stereocenters. The van der Waals surface area contributed by atoms with Crippen LogP contribution < -0.4 is 0 Å². The van der Waals surface area contributed by atoms with Gasteiger partial charge in [0.2, 0.25) is 0 Å². The fourth-order valence-corrected chi connectivity index (χ4v) is 3.28. The number of carboxylic acid groups (broad SMARTS) is 1. The van der Waals surface area contributed by atoms with Crippen molar-refractivity contribution in [3.05, 3.63) is 29.8 Å². The third-order valence-corrected chi connectivity index (χ3v) is 4.45. The van der Waals surface area contributed by atoms with Gasteiger partial charge >= 0.3 is 5.97 Å². The summed E-state index contributed by atoms with van der Waals surface area (Å²) in [6, 6.07) is 4.86. The quantitative estimate of drug-likeness (QED) is 0.937. The molecular formula is C15H17FN2O2. The number of para-hydroxylation sites is 1. The summed E-state index contributed by atoms with van der Waals surface area (Å²) in [6.45, 7) is 6.45. The minimum Gasteiger partial charge on any atom is -0.481 e. The van der Waals surface area contributed by atoms with Crippen molar-refractivity contribution in [2.75, 3.05) is 0 Å². The maximum Gasteiger partial charge on any atom is 0.307 e. The monoisotopic (exact) mass is 276 g/mol. The van der Waals surface area contributed by atoms with Crippen molar-refractivity contribution in [2.45, 2.75) is 33.2 Å². The summed E-state index contributed by atoms with van der Waals surface area (Å²) in [5.41, 5.74) is 0.724. The molecule has 2 aromatic rings. The van der Waals surface area contributed by atoms with Gasteiger partial charge in [-0.2, -0.15) is 0 Å². The van der Waals surface area contributed by atoms with E-state index in [0.717, 1.165) is 5.52 Å². The van der Waals surface area contributed by atoms with Crippen LogP contribution in [0.2, 0.25) is 0 Å². The molecular weight excluding hydrogens is 259 g/mol. The number of carbonyl (C=O) groups is 1. The van der Waals surface area contributed by atoms with Crippen molar-refractivity contribution in [2.24, 2.45) is 11.3 Å². The number of aliphatic carboxylic acids is 1. The predicted octanol–water partition coefficient (Wildman–Crippen LogP) is 3.02. The molecule has 0 bridgehead atoms. The van der Waals surface area contributed by atoms with Gasteiger partial charge in [-0.25, -0.2) is 9.37 Å². The van der Waals surface area contributed by atoms with Gasteiger partial charge in [0.15, 0.2) is 5.82 Å². The Hall–Kier alpha value is -1.91. The minimum absolute atomic E-state index is 0.160. The average Bonchev–Trinajstić information content (AvgIpc) is 2.78. The van der Waals surface area contributed by atoms with Crippen molar-refractivity contribution in [1.82, 2.24) is 9.55 Å². The number of hydrogen-bond acceptors (Lipinski definition) is 2. The summed E-state index contributed by atoms with van der Waals surface area (Å²) in [5.74, 6) is -1.10. The number of aromatic nitrogens is 2.